The van der Waals surface area contributed by atoms with Gasteiger partial charge in [0.25, 0.3) is 0 Å². The predicted molar refractivity (Wildman–Crippen MR) is 84.1 cm³/mol. The van der Waals surface area contributed by atoms with Gasteiger partial charge in [-0.1, -0.05) is 18.2 Å². The third kappa shape index (κ3) is 2.72. The maximum Gasteiger partial charge on any atom is 0.134 e. The van der Waals surface area contributed by atoms with Gasteiger partial charge < -0.3 is 9.73 Å². The van der Waals surface area contributed by atoms with Gasteiger partial charge in [0.15, 0.2) is 0 Å². The van der Waals surface area contributed by atoms with Crippen LogP contribution in [0.15, 0.2) is 40.9 Å². The van der Waals surface area contributed by atoms with E-state index in [2.05, 4.69) is 42.6 Å². The normalized spacial score (nSPS) is 14.5. The summed E-state index contributed by atoms with van der Waals surface area (Å²) in [6.07, 6.45) is 2.07. The zero-order valence-corrected chi connectivity index (χ0v) is 12.9. The number of fused-ring (bicyclic) bond motifs is 1. The number of nitrogens with zero attached hydrogens (tertiary/aromatic N) is 2. The Morgan fingerprint density at radius 2 is 1.95 bits per heavy atom. The molecule has 0 aliphatic heterocycles. The van der Waals surface area contributed by atoms with Gasteiger partial charge in [-0.05, 0) is 32.9 Å². The third-order valence-corrected chi connectivity index (χ3v) is 3.89. The largest absolute Gasteiger partial charge is 0.459 e. The van der Waals surface area contributed by atoms with E-state index in [4.69, 9.17) is 4.42 Å². The summed E-state index contributed by atoms with van der Waals surface area (Å²) in [7, 11) is 1.95. The van der Waals surface area contributed by atoms with Crippen LogP contribution < -0.4 is 5.32 Å². The second kappa shape index (κ2) is 5.37. The predicted octanol–water partition coefficient (Wildman–Crippen LogP) is 3.89. The number of hydrogen-bond acceptors (Lipinski definition) is 3. The molecule has 2 unspecified atom stereocenters. The van der Waals surface area contributed by atoms with Crippen molar-refractivity contribution in [2.45, 2.75) is 32.9 Å². The molecule has 0 amide bonds. The lowest BCUT2D eigenvalue weighted by molar-refractivity contribution is 0.416. The quantitative estimate of drug-likeness (QED) is 0.790. The lowest BCUT2D eigenvalue weighted by Gasteiger charge is -2.18. The minimum atomic E-state index is 0.145. The van der Waals surface area contributed by atoms with Crippen LogP contribution in [0.4, 0.5) is 0 Å². The fourth-order valence-electron chi connectivity index (χ4n) is 2.81. The molecule has 2 atom stereocenters. The number of rotatable bonds is 4. The second-order valence-corrected chi connectivity index (χ2v) is 5.64. The Morgan fingerprint density at radius 1 is 1.19 bits per heavy atom. The fraction of sp³-hybridized carbons (Fsp3) is 0.353. The summed E-state index contributed by atoms with van der Waals surface area (Å²) < 4.78 is 7.77. The molecule has 0 aliphatic carbocycles. The first-order valence-corrected chi connectivity index (χ1v) is 7.29. The van der Waals surface area contributed by atoms with E-state index in [0.29, 0.717) is 0 Å². The molecule has 1 N–H and O–H groups in total. The van der Waals surface area contributed by atoms with Crippen LogP contribution in [0.2, 0.25) is 0 Å². The zero-order chi connectivity index (χ0) is 15.0. The van der Waals surface area contributed by atoms with Crippen LogP contribution in [-0.4, -0.2) is 9.78 Å². The first kappa shape index (κ1) is 13.9. The molecule has 1 aromatic carbocycles. The summed E-state index contributed by atoms with van der Waals surface area (Å²) >= 11 is 0. The molecule has 0 radical (unpaired) electrons. The van der Waals surface area contributed by atoms with Crippen LogP contribution in [-0.2, 0) is 7.05 Å². The molecule has 3 rings (SSSR count). The number of aromatic nitrogens is 2. The van der Waals surface area contributed by atoms with Crippen molar-refractivity contribution in [1.29, 1.82) is 0 Å². The van der Waals surface area contributed by atoms with Crippen LogP contribution in [0, 0.1) is 6.92 Å². The van der Waals surface area contributed by atoms with E-state index in [1.165, 1.54) is 5.56 Å². The highest BCUT2D eigenvalue weighted by Crippen LogP contribution is 2.26. The Kier molecular flexibility index (Phi) is 3.55. The van der Waals surface area contributed by atoms with E-state index in [1.807, 2.05) is 36.9 Å². The SMILES string of the molecule is Cc1nn(C)cc1C(C)NC(C)c1cc2ccccc2o1. The molecule has 4 nitrogen and oxygen atoms in total. The van der Waals surface area contributed by atoms with Gasteiger partial charge in [0, 0.05) is 30.2 Å². The van der Waals surface area contributed by atoms with E-state index in [0.717, 1.165) is 22.4 Å². The summed E-state index contributed by atoms with van der Waals surface area (Å²) in [6, 6.07) is 10.6. The highest BCUT2D eigenvalue weighted by atomic mass is 16.3. The summed E-state index contributed by atoms with van der Waals surface area (Å²) in [5.41, 5.74) is 3.22. The molecule has 0 saturated carbocycles. The van der Waals surface area contributed by atoms with Gasteiger partial charge in [0.2, 0.25) is 0 Å². The van der Waals surface area contributed by atoms with Crippen molar-refractivity contribution in [2.24, 2.45) is 7.05 Å². The van der Waals surface area contributed by atoms with Crippen molar-refractivity contribution in [2.75, 3.05) is 0 Å². The highest BCUT2D eigenvalue weighted by molar-refractivity contribution is 5.77. The molecular formula is C17H21N3O. The molecule has 0 saturated heterocycles. The van der Waals surface area contributed by atoms with Gasteiger partial charge in [-0.25, -0.2) is 0 Å². The van der Waals surface area contributed by atoms with Gasteiger partial charge in [-0.3, -0.25) is 4.68 Å². The minimum Gasteiger partial charge on any atom is -0.459 e. The van der Waals surface area contributed by atoms with Gasteiger partial charge in [0.1, 0.15) is 11.3 Å². The van der Waals surface area contributed by atoms with Crippen LogP contribution >= 0.6 is 0 Å². The van der Waals surface area contributed by atoms with Gasteiger partial charge >= 0.3 is 0 Å². The first-order chi connectivity index (χ1) is 10.0. The molecular weight excluding hydrogens is 262 g/mol. The monoisotopic (exact) mass is 283 g/mol. The fourth-order valence-corrected chi connectivity index (χ4v) is 2.81. The Morgan fingerprint density at radius 3 is 2.62 bits per heavy atom. The number of furan rings is 1. The molecule has 0 fully saturated rings. The number of nitrogens with one attached hydrogen (secondary N) is 1. The molecule has 2 aromatic heterocycles. The average molecular weight is 283 g/mol. The summed E-state index contributed by atoms with van der Waals surface area (Å²) in [4.78, 5) is 0. The lowest BCUT2D eigenvalue weighted by atomic mass is 10.1. The molecule has 110 valence electrons. The first-order valence-electron chi connectivity index (χ1n) is 7.29. The van der Waals surface area contributed by atoms with Crippen molar-refractivity contribution in [1.82, 2.24) is 15.1 Å². The maximum atomic E-state index is 5.92. The Bertz CT molecular complexity index is 723. The molecule has 0 bridgehead atoms. The third-order valence-electron chi connectivity index (χ3n) is 3.89. The smallest absolute Gasteiger partial charge is 0.134 e. The van der Waals surface area contributed by atoms with Crippen LogP contribution in [0.1, 0.15) is 42.9 Å². The van der Waals surface area contributed by atoms with E-state index in [9.17, 15) is 0 Å². The Balaban J connectivity index is 1.79. The van der Waals surface area contributed by atoms with Gasteiger partial charge in [0.05, 0.1) is 11.7 Å². The van der Waals surface area contributed by atoms with Crippen LogP contribution in [0.5, 0.6) is 0 Å². The minimum absolute atomic E-state index is 0.145. The highest BCUT2D eigenvalue weighted by Gasteiger charge is 2.17. The van der Waals surface area contributed by atoms with Gasteiger partial charge in [-0.2, -0.15) is 5.10 Å². The van der Waals surface area contributed by atoms with Crippen molar-refractivity contribution in [3.05, 3.63) is 53.5 Å². The van der Waals surface area contributed by atoms with Crippen molar-refractivity contribution in [3.8, 4) is 0 Å². The van der Waals surface area contributed by atoms with Crippen molar-refractivity contribution < 1.29 is 4.42 Å². The Labute approximate surface area is 124 Å². The molecule has 0 spiro atoms. The molecule has 21 heavy (non-hydrogen) atoms. The van der Waals surface area contributed by atoms with Crippen LogP contribution in [0.3, 0.4) is 0 Å². The number of hydrogen-bond donors (Lipinski definition) is 1. The van der Waals surface area contributed by atoms with E-state index in [1.54, 1.807) is 0 Å². The standard InChI is InChI=1S/C17H21N3O/c1-11(15-10-20(4)19-12(15)2)18-13(3)17-9-14-7-5-6-8-16(14)21-17/h5-11,13,18H,1-4H3. The summed E-state index contributed by atoms with van der Waals surface area (Å²) in [6.45, 7) is 6.32. The topological polar surface area (TPSA) is 43.0 Å². The van der Waals surface area contributed by atoms with E-state index >= 15 is 0 Å². The molecule has 3 aromatic rings. The zero-order valence-electron chi connectivity index (χ0n) is 12.9. The second-order valence-electron chi connectivity index (χ2n) is 5.64. The number of benzene rings is 1. The number of aryl methyl sites for hydroxylation is 2. The number of para-hydroxylation sites is 1. The van der Waals surface area contributed by atoms with Gasteiger partial charge in [-0.15, -0.1) is 0 Å². The molecule has 0 aliphatic rings. The molecule has 2 heterocycles. The molecule has 4 heteroatoms. The summed E-state index contributed by atoms with van der Waals surface area (Å²) in [5.74, 6) is 0.963. The van der Waals surface area contributed by atoms with Crippen LogP contribution in [0.25, 0.3) is 11.0 Å². The lowest BCUT2D eigenvalue weighted by Crippen LogP contribution is -2.22. The van der Waals surface area contributed by atoms with E-state index in [-0.39, 0.29) is 12.1 Å². The maximum absolute atomic E-state index is 5.92. The Hall–Kier alpha value is -2.07. The summed E-state index contributed by atoms with van der Waals surface area (Å²) in [5, 5.41) is 9.13. The van der Waals surface area contributed by atoms with E-state index < -0.39 is 0 Å². The average Bonchev–Trinajstić information content (AvgIpc) is 3.01. The van der Waals surface area contributed by atoms with Crippen molar-refractivity contribution >= 4 is 11.0 Å². The van der Waals surface area contributed by atoms with Crippen molar-refractivity contribution in [3.63, 3.8) is 0 Å².